The zero-order chi connectivity index (χ0) is 26.6. The lowest BCUT2D eigenvalue weighted by molar-refractivity contribution is 0.243. The lowest BCUT2D eigenvalue weighted by atomic mass is 10.1. The third-order valence-electron chi connectivity index (χ3n) is 6.41. The molecule has 4 heterocycles. The van der Waals surface area contributed by atoms with Crippen molar-refractivity contribution < 1.29 is 14.6 Å². The van der Waals surface area contributed by atoms with Gasteiger partial charge in [-0.25, -0.2) is 15.0 Å². The minimum atomic E-state index is -0.111. The predicted molar refractivity (Wildman–Crippen MR) is 153 cm³/mol. The van der Waals surface area contributed by atoms with Gasteiger partial charge in [0.1, 0.15) is 5.75 Å². The van der Waals surface area contributed by atoms with Crippen LogP contribution in [0.3, 0.4) is 0 Å². The lowest BCUT2D eigenvalue weighted by Crippen LogP contribution is -2.44. The number of nitrogens with one attached hydrogen (secondary N) is 1. The molecule has 5 rings (SSSR count). The van der Waals surface area contributed by atoms with Crippen molar-refractivity contribution in [2.24, 2.45) is 0 Å². The number of nitrogens with zero attached hydrogens (tertiary/aromatic N) is 5. The largest absolute Gasteiger partial charge is 0.489 e. The normalized spacial score (nSPS) is 14.3. The number of rotatable bonds is 9. The molecule has 0 spiro atoms. The summed E-state index contributed by atoms with van der Waals surface area (Å²) >= 11 is 1.47. The van der Waals surface area contributed by atoms with Crippen LogP contribution >= 0.6 is 11.3 Å². The molecule has 9 nitrogen and oxygen atoms in total. The molecule has 1 saturated heterocycles. The van der Waals surface area contributed by atoms with Crippen LogP contribution in [-0.2, 0) is 6.61 Å². The second-order valence-corrected chi connectivity index (χ2v) is 10.7. The maximum Gasteiger partial charge on any atom is 0.227 e. The van der Waals surface area contributed by atoms with Gasteiger partial charge in [-0.2, -0.15) is 0 Å². The van der Waals surface area contributed by atoms with Crippen LogP contribution < -0.4 is 19.7 Å². The van der Waals surface area contributed by atoms with E-state index in [1.54, 1.807) is 12.4 Å². The van der Waals surface area contributed by atoms with Crippen molar-refractivity contribution in [3.8, 4) is 22.8 Å². The second-order valence-electron chi connectivity index (χ2n) is 9.52. The number of anilines is 3. The first-order valence-corrected chi connectivity index (χ1v) is 13.8. The lowest BCUT2D eigenvalue weighted by Gasteiger charge is -2.34. The summed E-state index contributed by atoms with van der Waals surface area (Å²) in [6.07, 6.45) is 3.50. The van der Waals surface area contributed by atoms with Crippen LogP contribution in [0.25, 0.3) is 21.3 Å². The summed E-state index contributed by atoms with van der Waals surface area (Å²) in [5.41, 5.74) is 4.30. The number of pyridine rings is 1. The van der Waals surface area contributed by atoms with Gasteiger partial charge in [0, 0.05) is 60.1 Å². The quantitative estimate of drug-likeness (QED) is 0.310. The van der Waals surface area contributed by atoms with E-state index < -0.39 is 0 Å². The van der Waals surface area contributed by atoms with E-state index in [1.165, 1.54) is 11.3 Å². The van der Waals surface area contributed by atoms with Crippen LogP contribution in [0.2, 0.25) is 0 Å². The maximum atomic E-state index is 10.1. The van der Waals surface area contributed by atoms with Gasteiger partial charge in [-0.3, -0.25) is 0 Å². The summed E-state index contributed by atoms with van der Waals surface area (Å²) < 4.78 is 12.9. The number of hydrogen-bond acceptors (Lipinski definition) is 10. The van der Waals surface area contributed by atoms with Gasteiger partial charge >= 0.3 is 0 Å². The molecule has 38 heavy (non-hydrogen) atoms. The fourth-order valence-corrected chi connectivity index (χ4v) is 5.56. The van der Waals surface area contributed by atoms with Crippen molar-refractivity contribution >= 4 is 38.9 Å². The summed E-state index contributed by atoms with van der Waals surface area (Å²) in [6, 6.07) is 10.0. The number of thiophene rings is 1. The highest BCUT2D eigenvalue weighted by molar-refractivity contribution is 7.19. The molecule has 2 N–H and O–H groups in total. The number of hydrogen-bond donors (Lipinski definition) is 2. The van der Waals surface area contributed by atoms with Crippen molar-refractivity contribution in [3.63, 3.8) is 0 Å². The molecule has 0 aliphatic carbocycles. The number of benzene rings is 1. The molecule has 3 aromatic heterocycles. The third kappa shape index (κ3) is 5.52. The minimum absolute atomic E-state index is 0.0137. The summed E-state index contributed by atoms with van der Waals surface area (Å²) in [7, 11) is 2.16. The van der Waals surface area contributed by atoms with Gasteiger partial charge in [0.15, 0.2) is 0 Å². The Morgan fingerprint density at radius 3 is 2.68 bits per heavy atom. The van der Waals surface area contributed by atoms with Gasteiger partial charge in [-0.15, -0.1) is 11.3 Å². The second kappa shape index (κ2) is 11.5. The minimum Gasteiger partial charge on any atom is -0.489 e. The van der Waals surface area contributed by atoms with Crippen LogP contribution in [-0.4, -0.2) is 70.9 Å². The molecule has 10 heteroatoms. The molecule has 0 saturated carbocycles. The van der Waals surface area contributed by atoms with Crippen LogP contribution in [0.5, 0.6) is 11.6 Å². The predicted octanol–water partition coefficient (Wildman–Crippen LogP) is 4.93. The first-order chi connectivity index (χ1) is 18.5. The smallest absolute Gasteiger partial charge is 0.227 e. The topological polar surface area (TPSA) is 95.9 Å². The third-order valence-corrected chi connectivity index (χ3v) is 7.51. The number of piperazine rings is 1. The Labute approximate surface area is 227 Å². The molecule has 0 amide bonds. The highest BCUT2D eigenvalue weighted by atomic mass is 32.1. The van der Waals surface area contributed by atoms with Gasteiger partial charge in [-0.1, -0.05) is 0 Å². The van der Waals surface area contributed by atoms with Gasteiger partial charge in [0.2, 0.25) is 11.8 Å². The number of aromatic nitrogens is 3. The summed E-state index contributed by atoms with van der Waals surface area (Å²) in [5.74, 6) is 1.72. The standard InChI is InChI=1S/C28H34N6O3S/c1-5-36-27-20(7-6-10-29-27)25-24(17-35)38-23-16-30-28(32-26(23)25)31-21-9-8-19(15-22(21)37-18(2)3)34-13-11-33(4)12-14-34/h6-10,15-16,18,35H,5,11-14,17H2,1-4H3,(H,30,31,32). The first-order valence-electron chi connectivity index (χ1n) is 13.0. The van der Waals surface area contributed by atoms with Crippen molar-refractivity contribution in [1.29, 1.82) is 0 Å². The molecular weight excluding hydrogens is 500 g/mol. The van der Waals surface area contributed by atoms with Gasteiger partial charge in [0.25, 0.3) is 0 Å². The molecule has 1 aliphatic rings. The average Bonchev–Trinajstić information content (AvgIpc) is 3.28. The molecule has 1 fully saturated rings. The number of aliphatic hydroxyl groups is 1. The number of aliphatic hydroxyl groups excluding tert-OH is 1. The Morgan fingerprint density at radius 1 is 1.13 bits per heavy atom. The van der Waals surface area contributed by atoms with Crippen molar-refractivity contribution in [1.82, 2.24) is 19.9 Å². The van der Waals surface area contributed by atoms with E-state index in [-0.39, 0.29) is 12.7 Å². The van der Waals surface area contributed by atoms with Crippen LogP contribution in [0.4, 0.5) is 17.3 Å². The zero-order valence-electron chi connectivity index (χ0n) is 22.3. The Bertz CT molecular complexity index is 1400. The summed E-state index contributed by atoms with van der Waals surface area (Å²) in [5, 5.41) is 13.5. The van der Waals surface area contributed by atoms with Crippen LogP contribution in [0.1, 0.15) is 25.6 Å². The average molecular weight is 535 g/mol. The number of likely N-dealkylation sites (N-methyl/N-ethyl adjacent to an activating group) is 1. The van der Waals surface area contributed by atoms with Crippen molar-refractivity contribution in [2.75, 3.05) is 50.1 Å². The maximum absolute atomic E-state index is 10.1. The summed E-state index contributed by atoms with van der Waals surface area (Å²) in [6.45, 7) is 10.4. The Hall–Kier alpha value is -3.47. The highest BCUT2D eigenvalue weighted by Gasteiger charge is 2.21. The fourth-order valence-electron chi connectivity index (χ4n) is 4.57. The SMILES string of the molecule is CCOc1ncccc1-c1c(CO)sc2cnc(Nc3ccc(N4CCN(C)CC4)cc3OC(C)C)nc12. The van der Waals surface area contributed by atoms with Crippen molar-refractivity contribution in [3.05, 3.63) is 47.6 Å². The molecule has 4 aromatic rings. The molecule has 0 unspecified atom stereocenters. The fraction of sp³-hybridized carbons (Fsp3) is 0.393. The molecule has 200 valence electrons. The molecule has 0 atom stereocenters. The van der Waals surface area contributed by atoms with E-state index in [4.69, 9.17) is 14.5 Å². The van der Waals surface area contributed by atoms with E-state index in [9.17, 15) is 5.11 Å². The summed E-state index contributed by atoms with van der Waals surface area (Å²) in [4.78, 5) is 19.4. The van der Waals surface area contributed by atoms with E-state index >= 15 is 0 Å². The molecule has 1 aromatic carbocycles. The van der Waals surface area contributed by atoms with E-state index in [0.29, 0.717) is 18.4 Å². The van der Waals surface area contributed by atoms with Gasteiger partial charge in [-0.05, 0) is 52.1 Å². The molecular formula is C28H34N6O3S. The van der Waals surface area contributed by atoms with Gasteiger partial charge in [0.05, 0.1) is 41.4 Å². The number of ether oxygens (including phenoxy) is 2. The first kappa shape index (κ1) is 26.1. The van der Waals surface area contributed by atoms with E-state index in [2.05, 4.69) is 44.3 Å². The highest BCUT2D eigenvalue weighted by Crippen LogP contribution is 2.41. The Balaban J connectivity index is 1.51. The molecule has 1 aliphatic heterocycles. The van der Waals surface area contributed by atoms with Crippen LogP contribution in [0.15, 0.2) is 42.7 Å². The zero-order valence-corrected chi connectivity index (χ0v) is 23.1. The molecule has 0 radical (unpaired) electrons. The van der Waals surface area contributed by atoms with Crippen LogP contribution in [0, 0.1) is 0 Å². The Kier molecular flexibility index (Phi) is 7.92. The van der Waals surface area contributed by atoms with E-state index in [0.717, 1.165) is 69.5 Å². The number of fused-ring (bicyclic) bond motifs is 1. The van der Waals surface area contributed by atoms with Crippen molar-refractivity contribution in [2.45, 2.75) is 33.5 Å². The molecule has 0 bridgehead atoms. The Morgan fingerprint density at radius 2 is 1.95 bits per heavy atom. The monoisotopic (exact) mass is 534 g/mol. The van der Waals surface area contributed by atoms with E-state index in [1.807, 2.05) is 39.0 Å². The van der Waals surface area contributed by atoms with Gasteiger partial charge < -0.3 is 29.7 Å².